The van der Waals surface area contributed by atoms with E-state index < -0.39 is 28.9 Å². The number of rotatable bonds is 5. The number of carbonyl (C=O) groups is 1. The molecule has 1 atom stereocenters. The van der Waals surface area contributed by atoms with Gasteiger partial charge in [-0.15, -0.1) is 0 Å². The topological polar surface area (TPSA) is 35.5 Å². The molecule has 0 aromatic heterocycles. The van der Waals surface area contributed by atoms with E-state index in [9.17, 15) is 22.4 Å². The average molecular weight is 363 g/mol. The van der Waals surface area contributed by atoms with Gasteiger partial charge in [0, 0.05) is 6.07 Å². The smallest absolute Gasteiger partial charge is 0.416 e. The number of alkyl halides is 3. The standard InChI is InChI=1S/C16H11ClF4O3/c1-9(15(17)22)23-11-3-2-4-12(8-11)24-14-6-5-10(7-13(14)18)16(19,20)21/h2-9H,1H3. The second-order valence-corrected chi connectivity index (χ2v) is 5.16. The molecule has 128 valence electrons. The van der Waals surface area contributed by atoms with Crippen molar-refractivity contribution in [3.63, 3.8) is 0 Å². The molecular weight excluding hydrogens is 352 g/mol. The van der Waals surface area contributed by atoms with Crippen molar-refractivity contribution in [2.45, 2.75) is 19.2 Å². The summed E-state index contributed by atoms with van der Waals surface area (Å²) in [5.74, 6) is -1.16. The number of benzene rings is 2. The summed E-state index contributed by atoms with van der Waals surface area (Å²) in [7, 11) is 0. The van der Waals surface area contributed by atoms with Gasteiger partial charge in [-0.2, -0.15) is 13.2 Å². The molecule has 0 aliphatic rings. The quantitative estimate of drug-likeness (QED) is 0.544. The lowest BCUT2D eigenvalue weighted by Crippen LogP contribution is -2.18. The van der Waals surface area contributed by atoms with Crippen LogP contribution in [0.25, 0.3) is 0 Å². The number of hydrogen-bond donors (Lipinski definition) is 0. The highest BCUT2D eigenvalue weighted by Crippen LogP contribution is 2.34. The largest absolute Gasteiger partial charge is 0.481 e. The predicted molar refractivity (Wildman–Crippen MR) is 78.9 cm³/mol. The highest BCUT2D eigenvalue weighted by atomic mass is 35.5. The zero-order chi connectivity index (χ0) is 17.9. The summed E-state index contributed by atoms with van der Waals surface area (Å²) in [5, 5.41) is -0.699. The molecular formula is C16H11ClF4O3. The maximum absolute atomic E-state index is 13.8. The first kappa shape index (κ1) is 18.1. The van der Waals surface area contributed by atoms with E-state index in [0.717, 1.165) is 6.07 Å². The van der Waals surface area contributed by atoms with Gasteiger partial charge in [-0.05, 0) is 48.9 Å². The Balaban J connectivity index is 2.18. The molecule has 2 rings (SSSR count). The Kier molecular flexibility index (Phi) is 5.33. The van der Waals surface area contributed by atoms with Crippen molar-refractivity contribution < 1.29 is 31.8 Å². The first-order valence-electron chi connectivity index (χ1n) is 6.67. The van der Waals surface area contributed by atoms with Gasteiger partial charge in [0.25, 0.3) is 5.24 Å². The molecule has 2 aromatic rings. The predicted octanol–water partition coefficient (Wildman–Crippen LogP) is 5.17. The summed E-state index contributed by atoms with van der Waals surface area (Å²) in [6.07, 6.45) is -5.54. The number of ether oxygens (including phenoxy) is 2. The van der Waals surface area contributed by atoms with Gasteiger partial charge in [-0.1, -0.05) is 6.07 Å². The normalized spacial score (nSPS) is 12.6. The Morgan fingerprint density at radius 2 is 1.79 bits per heavy atom. The Labute approximate surface area is 139 Å². The van der Waals surface area contributed by atoms with Crippen LogP contribution in [0.1, 0.15) is 12.5 Å². The minimum atomic E-state index is -4.64. The zero-order valence-corrected chi connectivity index (χ0v) is 13.0. The van der Waals surface area contributed by atoms with Gasteiger partial charge in [0.15, 0.2) is 17.7 Å². The fourth-order valence-corrected chi connectivity index (χ4v) is 1.79. The Morgan fingerprint density at radius 3 is 2.38 bits per heavy atom. The van der Waals surface area contributed by atoms with Crippen LogP contribution < -0.4 is 9.47 Å². The van der Waals surface area contributed by atoms with Crippen molar-refractivity contribution in [1.82, 2.24) is 0 Å². The van der Waals surface area contributed by atoms with E-state index in [4.69, 9.17) is 21.1 Å². The number of halogens is 5. The van der Waals surface area contributed by atoms with Crippen molar-refractivity contribution in [3.8, 4) is 17.2 Å². The first-order valence-corrected chi connectivity index (χ1v) is 7.05. The fraction of sp³-hybridized carbons (Fsp3) is 0.188. The van der Waals surface area contributed by atoms with Crippen LogP contribution in [-0.2, 0) is 11.0 Å². The lowest BCUT2D eigenvalue weighted by molar-refractivity contribution is -0.137. The molecule has 0 spiro atoms. The van der Waals surface area contributed by atoms with Crippen LogP contribution in [0.2, 0.25) is 0 Å². The molecule has 8 heteroatoms. The van der Waals surface area contributed by atoms with Crippen LogP contribution in [0.3, 0.4) is 0 Å². The third-order valence-corrected chi connectivity index (χ3v) is 3.23. The lowest BCUT2D eigenvalue weighted by atomic mass is 10.2. The van der Waals surface area contributed by atoms with Crippen molar-refractivity contribution in [1.29, 1.82) is 0 Å². The molecule has 3 nitrogen and oxygen atoms in total. The molecule has 0 radical (unpaired) electrons. The molecule has 0 fully saturated rings. The highest BCUT2D eigenvalue weighted by molar-refractivity contribution is 6.64. The molecule has 0 aliphatic carbocycles. The minimum Gasteiger partial charge on any atom is -0.481 e. The van der Waals surface area contributed by atoms with E-state index in [1.165, 1.54) is 31.2 Å². The van der Waals surface area contributed by atoms with Crippen LogP contribution in [0, 0.1) is 5.82 Å². The summed E-state index contributed by atoms with van der Waals surface area (Å²) in [4.78, 5) is 10.9. The van der Waals surface area contributed by atoms with E-state index in [1.54, 1.807) is 0 Å². The van der Waals surface area contributed by atoms with Crippen LogP contribution in [0.4, 0.5) is 17.6 Å². The second-order valence-electron chi connectivity index (χ2n) is 4.78. The lowest BCUT2D eigenvalue weighted by Gasteiger charge is -2.13. The van der Waals surface area contributed by atoms with E-state index in [-0.39, 0.29) is 17.2 Å². The van der Waals surface area contributed by atoms with Crippen LogP contribution in [-0.4, -0.2) is 11.3 Å². The summed E-state index contributed by atoms with van der Waals surface area (Å²) >= 11 is 5.28. The highest BCUT2D eigenvalue weighted by Gasteiger charge is 2.31. The maximum atomic E-state index is 13.8. The van der Waals surface area contributed by atoms with Gasteiger partial charge in [0.1, 0.15) is 11.5 Å². The molecule has 0 aliphatic heterocycles. The Morgan fingerprint density at radius 1 is 1.12 bits per heavy atom. The third-order valence-electron chi connectivity index (χ3n) is 2.92. The van der Waals surface area contributed by atoms with Crippen LogP contribution >= 0.6 is 11.6 Å². The number of hydrogen-bond acceptors (Lipinski definition) is 3. The molecule has 0 amide bonds. The van der Waals surface area contributed by atoms with Gasteiger partial charge in [-0.3, -0.25) is 4.79 Å². The van der Waals surface area contributed by atoms with E-state index in [2.05, 4.69) is 0 Å². The van der Waals surface area contributed by atoms with Crippen LogP contribution in [0.5, 0.6) is 17.2 Å². The monoisotopic (exact) mass is 362 g/mol. The Bertz CT molecular complexity index is 746. The molecule has 0 saturated heterocycles. The van der Waals surface area contributed by atoms with E-state index in [1.807, 2.05) is 0 Å². The second kappa shape index (κ2) is 7.09. The average Bonchev–Trinajstić information content (AvgIpc) is 2.48. The van der Waals surface area contributed by atoms with Gasteiger partial charge >= 0.3 is 6.18 Å². The van der Waals surface area contributed by atoms with E-state index in [0.29, 0.717) is 12.1 Å². The SMILES string of the molecule is CC(Oc1cccc(Oc2ccc(C(F)(F)F)cc2F)c1)C(=O)Cl. The van der Waals surface area contributed by atoms with Crippen molar-refractivity contribution >= 4 is 16.8 Å². The number of carbonyl (C=O) groups excluding carboxylic acids is 1. The van der Waals surface area contributed by atoms with E-state index >= 15 is 0 Å². The van der Waals surface area contributed by atoms with Crippen LogP contribution in [0.15, 0.2) is 42.5 Å². The molecule has 24 heavy (non-hydrogen) atoms. The summed E-state index contributed by atoms with van der Waals surface area (Å²) < 4.78 is 61.7. The van der Waals surface area contributed by atoms with Crippen molar-refractivity contribution in [3.05, 3.63) is 53.8 Å². The van der Waals surface area contributed by atoms with Gasteiger partial charge in [-0.25, -0.2) is 4.39 Å². The molecule has 0 N–H and O–H groups in total. The molecule has 0 bridgehead atoms. The summed E-state index contributed by atoms with van der Waals surface area (Å²) in [6.45, 7) is 1.44. The summed E-state index contributed by atoms with van der Waals surface area (Å²) in [5.41, 5.74) is -1.11. The molecule has 2 aromatic carbocycles. The Hall–Kier alpha value is -2.28. The first-order chi connectivity index (χ1) is 11.2. The minimum absolute atomic E-state index is 0.125. The van der Waals surface area contributed by atoms with Gasteiger partial charge in [0.2, 0.25) is 0 Å². The molecule has 0 saturated carbocycles. The zero-order valence-electron chi connectivity index (χ0n) is 12.2. The fourth-order valence-electron chi connectivity index (χ4n) is 1.75. The van der Waals surface area contributed by atoms with Crippen molar-refractivity contribution in [2.75, 3.05) is 0 Å². The molecule has 0 heterocycles. The van der Waals surface area contributed by atoms with Gasteiger partial charge < -0.3 is 9.47 Å². The van der Waals surface area contributed by atoms with Crippen molar-refractivity contribution in [2.24, 2.45) is 0 Å². The summed E-state index contributed by atoms with van der Waals surface area (Å²) in [6, 6.07) is 7.79. The van der Waals surface area contributed by atoms with Gasteiger partial charge in [0.05, 0.1) is 5.56 Å². The maximum Gasteiger partial charge on any atom is 0.416 e. The third kappa shape index (κ3) is 4.61. The molecule has 1 unspecified atom stereocenters.